The number of amides is 3. The second kappa shape index (κ2) is 16.8. The van der Waals surface area contributed by atoms with Crippen molar-refractivity contribution in [2.24, 2.45) is 22.2 Å². The predicted octanol–water partition coefficient (Wildman–Crippen LogP) is -1.14. The Morgan fingerprint density at radius 1 is 0.952 bits per heavy atom. The van der Waals surface area contributed by atoms with E-state index in [1.165, 1.54) is 11.8 Å². The molecule has 0 bridgehead atoms. The first-order valence-corrected chi connectivity index (χ1v) is 14.5. The van der Waals surface area contributed by atoms with E-state index in [0.29, 0.717) is 17.7 Å². The van der Waals surface area contributed by atoms with Crippen molar-refractivity contribution in [1.82, 2.24) is 20.9 Å². The zero-order chi connectivity index (χ0) is 31.2. The van der Waals surface area contributed by atoms with Gasteiger partial charge in [0.1, 0.15) is 18.1 Å². The number of hydrogen-bond donors (Lipinski definition) is 9. The molecule has 2 rings (SSSR count). The smallest absolute Gasteiger partial charge is 0.326 e. The summed E-state index contributed by atoms with van der Waals surface area (Å²) in [5, 5.41) is 26.7. The van der Waals surface area contributed by atoms with Crippen molar-refractivity contribution >= 4 is 58.3 Å². The van der Waals surface area contributed by atoms with Crippen LogP contribution in [0.3, 0.4) is 0 Å². The molecule has 16 heteroatoms. The van der Waals surface area contributed by atoms with E-state index in [1.807, 2.05) is 24.5 Å². The van der Waals surface area contributed by atoms with Crippen LogP contribution in [0.15, 0.2) is 35.5 Å². The summed E-state index contributed by atoms with van der Waals surface area (Å²) in [6, 6.07) is 2.25. The van der Waals surface area contributed by atoms with E-state index in [-0.39, 0.29) is 31.8 Å². The van der Waals surface area contributed by atoms with Crippen molar-refractivity contribution in [3.63, 3.8) is 0 Å². The topological polar surface area (TPSA) is 268 Å². The number of nitrogens with zero attached hydrogens (tertiary/aromatic N) is 1. The van der Waals surface area contributed by atoms with Gasteiger partial charge >= 0.3 is 11.9 Å². The van der Waals surface area contributed by atoms with Crippen LogP contribution in [0, 0.1) is 0 Å². The van der Waals surface area contributed by atoms with Gasteiger partial charge in [-0.15, -0.1) is 0 Å². The van der Waals surface area contributed by atoms with Crippen LogP contribution in [0.1, 0.15) is 31.2 Å². The van der Waals surface area contributed by atoms with Gasteiger partial charge in [0.05, 0.1) is 12.5 Å². The molecule has 1 aromatic carbocycles. The van der Waals surface area contributed by atoms with E-state index in [9.17, 15) is 29.1 Å². The first-order chi connectivity index (χ1) is 19.9. The van der Waals surface area contributed by atoms with Gasteiger partial charge < -0.3 is 48.3 Å². The third-order valence-corrected chi connectivity index (χ3v) is 6.92. The molecular weight excluding hydrogens is 568 g/mol. The highest BCUT2D eigenvalue weighted by Gasteiger charge is 2.31. The summed E-state index contributed by atoms with van der Waals surface area (Å²) >= 11 is 1.44. The third-order valence-electron chi connectivity index (χ3n) is 6.27. The molecule has 0 fully saturated rings. The van der Waals surface area contributed by atoms with Crippen LogP contribution in [-0.2, 0) is 30.4 Å². The van der Waals surface area contributed by atoms with Crippen LogP contribution in [0.25, 0.3) is 10.9 Å². The minimum Gasteiger partial charge on any atom is -0.481 e. The number of carboxylic acids is 2. The van der Waals surface area contributed by atoms with Gasteiger partial charge in [-0.05, 0) is 42.9 Å². The number of carbonyl (C=O) groups excluding carboxylic acids is 3. The number of fused-ring (bicyclic) bond motifs is 1. The van der Waals surface area contributed by atoms with Gasteiger partial charge in [-0.2, -0.15) is 11.8 Å². The summed E-state index contributed by atoms with van der Waals surface area (Å²) in [5.74, 6) is -4.70. The molecule has 0 saturated carbocycles. The molecule has 0 radical (unpaired) electrons. The van der Waals surface area contributed by atoms with Gasteiger partial charge in [0.2, 0.25) is 17.7 Å². The summed E-state index contributed by atoms with van der Waals surface area (Å²) < 4.78 is 0. The fraction of sp³-hybridized carbons (Fsp3) is 0.462. The highest BCUT2D eigenvalue weighted by molar-refractivity contribution is 7.98. The van der Waals surface area contributed by atoms with E-state index in [0.717, 1.165) is 10.9 Å². The van der Waals surface area contributed by atoms with Crippen molar-refractivity contribution < 1.29 is 34.2 Å². The molecule has 3 amide bonds. The van der Waals surface area contributed by atoms with Crippen molar-refractivity contribution in [2.45, 2.75) is 56.3 Å². The fourth-order valence-electron chi connectivity index (χ4n) is 4.08. The number of guanidine groups is 1. The van der Waals surface area contributed by atoms with Crippen LogP contribution < -0.4 is 33.2 Å². The molecule has 1 aromatic heterocycles. The van der Waals surface area contributed by atoms with Crippen LogP contribution in [0.4, 0.5) is 0 Å². The molecular formula is C26H38N8O7S. The van der Waals surface area contributed by atoms with E-state index < -0.39 is 60.2 Å². The largest absolute Gasteiger partial charge is 0.481 e. The summed E-state index contributed by atoms with van der Waals surface area (Å²) in [6.45, 7) is 0.281. The van der Waals surface area contributed by atoms with Gasteiger partial charge in [-0.25, -0.2) is 4.79 Å². The number of carboxylic acid groups (broad SMARTS) is 2. The zero-order valence-electron chi connectivity index (χ0n) is 23.2. The molecule has 0 aliphatic rings. The normalized spacial score (nSPS) is 13.8. The Morgan fingerprint density at radius 3 is 2.24 bits per heavy atom. The number of nitrogens with one attached hydrogen (secondary N) is 4. The molecule has 4 atom stereocenters. The Labute approximate surface area is 246 Å². The Morgan fingerprint density at radius 2 is 1.60 bits per heavy atom. The number of nitrogens with two attached hydrogens (primary N) is 3. The number of para-hydroxylation sites is 1. The summed E-state index contributed by atoms with van der Waals surface area (Å²) in [5.41, 5.74) is 18.0. The number of aromatic amines is 1. The lowest BCUT2D eigenvalue weighted by atomic mass is 10.0. The second-order valence-electron chi connectivity index (χ2n) is 9.52. The minimum atomic E-state index is -1.72. The lowest BCUT2D eigenvalue weighted by Gasteiger charge is -2.25. The number of aliphatic imine (C=N–C) groups is 1. The van der Waals surface area contributed by atoms with Crippen molar-refractivity contribution in [3.8, 4) is 0 Å². The predicted molar refractivity (Wildman–Crippen MR) is 159 cm³/mol. The van der Waals surface area contributed by atoms with Crippen LogP contribution in [0.5, 0.6) is 0 Å². The van der Waals surface area contributed by atoms with Crippen molar-refractivity contribution in [2.75, 3.05) is 18.6 Å². The number of rotatable bonds is 18. The summed E-state index contributed by atoms with van der Waals surface area (Å²) in [4.78, 5) is 69.1. The molecule has 0 aliphatic heterocycles. The lowest BCUT2D eigenvalue weighted by molar-refractivity contribution is -0.147. The van der Waals surface area contributed by atoms with Crippen LogP contribution in [-0.4, -0.2) is 93.5 Å². The SMILES string of the molecule is CSCCC(NC(=O)C(N)CCCN=C(N)N)C(=O)NC(Cc1c[nH]c2ccccc12)C(=O)NC(CC(=O)O)C(=O)O. The number of hydrogen-bond acceptors (Lipinski definition) is 8. The van der Waals surface area contributed by atoms with E-state index in [1.54, 1.807) is 12.3 Å². The van der Waals surface area contributed by atoms with Gasteiger partial charge in [0, 0.05) is 30.1 Å². The van der Waals surface area contributed by atoms with Gasteiger partial charge in [-0.1, -0.05) is 18.2 Å². The minimum absolute atomic E-state index is 0.0471. The number of thioether (sulfide) groups is 1. The first kappa shape index (κ1) is 33.9. The number of aliphatic carboxylic acids is 2. The van der Waals surface area contributed by atoms with Crippen LogP contribution >= 0.6 is 11.8 Å². The summed E-state index contributed by atoms with van der Waals surface area (Å²) in [7, 11) is 0. The maximum atomic E-state index is 13.4. The molecule has 0 spiro atoms. The van der Waals surface area contributed by atoms with E-state index in [2.05, 4.69) is 25.9 Å². The third kappa shape index (κ3) is 10.9. The van der Waals surface area contributed by atoms with E-state index in [4.69, 9.17) is 22.3 Å². The maximum absolute atomic E-state index is 13.4. The Kier molecular flexibility index (Phi) is 13.6. The number of H-pyrrole nitrogens is 1. The van der Waals surface area contributed by atoms with Gasteiger partial charge in [-0.3, -0.25) is 24.2 Å². The quantitative estimate of drug-likeness (QED) is 0.0556. The number of carbonyl (C=O) groups is 5. The first-order valence-electron chi connectivity index (χ1n) is 13.1. The summed E-state index contributed by atoms with van der Waals surface area (Å²) in [6.07, 6.45) is 3.49. The highest BCUT2D eigenvalue weighted by Crippen LogP contribution is 2.19. The zero-order valence-corrected chi connectivity index (χ0v) is 24.0. The van der Waals surface area contributed by atoms with Crippen molar-refractivity contribution in [3.05, 3.63) is 36.0 Å². The number of aromatic nitrogens is 1. The van der Waals surface area contributed by atoms with Gasteiger partial charge in [0.15, 0.2) is 5.96 Å². The fourth-order valence-corrected chi connectivity index (χ4v) is 4.55. The second-order valence-corrected chi connectivity index (χ2v) is 10.5. The Bertz CT molecular complexity index is 1280. The molecule has 15 nitrogen and oxygen atoms in total. The molecule has 230 valence electrons. The van der Waals surface area contributed by atoms with Gasteiger partial charge in [0.25, 0.3) is 0 Å². The average Bonchev–Trinajstić information content (AvgIpc) is 3.34. The molecule has 2 aromatic rings. The number of benzene rings is 1. The molecule has 1 heterocycles. The highest BCUT2D eigenvalue weighted by atomic mass is 32.2. The molecule has 42 heavy (non-hydrogen) atoms. The molecule has 12 N–H and O–H groups in total. The van der Waals surface area contributed by atoms with E-state index >= 15 is 0 Å². The molecule has 0 aliphatic carbocycles. The standard InChI is InChI=1S/C26H38N8O7S/c1-42-10-8-18(32-22(37)16(27)6-4-9-30-26(28)29)23(38)33-19(24(39)34-20(25(40)41)12-21(35)36)11-14-13-31-17-7-3-2-5-15(14)17/h2-3,5,7,13,16,18-20,31H,4,6,8-12,27H2,1H3,(H,32,37)(H,33,38)(H,34,39)(H,35,36)(H,40,41)(H4,28,29,30). The monoisotopic (exact) mass is 606 g/mol. The molecule has 4 unspecified atom stereocenters. The average molecular weight is 607 g/mol. The maximum Gasteiger partial charge on any atom is 0.326 e. The van der Waals surface area contributed by atoms with Crippen LogP contribution in [0.2, 0.25) is 0 Å². The Balaban J connectivity index is 2.25. The van der Waals surface area contributed by atoms with Crippen molar-refractivity contribution in [1.29, 1.82) is 0 Å². The Hall–Kier alpha value is -4.31. The lowest BCUT2D eigenvalue weighted by Crippen LogP contribution is -2.57. The molecule has 0 saturated heterocycles.